The van der Waals surface area contributed by atoms with Gasteiger partial charge in [0.05, 0.1) is 4.47 Å². The Bertz CT molecular complexity index is 1260. The third-order valence-corrected chi connectivity index (χ3v) is 7.20. The monoisotopic (exact) mass is 612 g/mol. The molecule has 3 rings (SSSR count). The molecule has 3 aromatic rings. The first kappa shape index (κ1) is 30.7. The van der Waals surface area contributed by atoms with Gasteiger partial charge in [0.25, 0.3) is 5.91 Å². The molecule has 2 amide bonds. The van der Waals surface area contributed by atoms with Crippen molar-refractivity contribution in [3.05, 3.63) is 99.0 Å². The molecule has 7 heteroatoms. The predicted octanol–water partition coefficient (Wildman–Crippen LogP) is 7.19. The molecule has 1 atom stereocenters. The molecule has 208 valence electrons. The van der Waals surface area contributed by atoms with E-state index in [1.807, 2.05) is 80.6 Å². The summed E-state index contributed by atoms with van der Waals surface area (Å²) >= 11 is 9.85. The minimum Gasteiger partial charge on any atom is -0.483 e. The second-order valence-electron chi connectivity index (χ2n) is 11.2. The average molecular weight is 614 g/mol. The van der Waals surface area contributed by atoms with Crippen LogP contribution in [0.5, 0.6) is 5.75 Å². The Labute approximate surface area is 246 Å². The van der Waals surface area contributed by atoms with E-state index in [0.717, 1.165) is 21.2 Å². The molecule has 0 aliphatic rings. The molecular formula is C32H38BrClN2O3. The zero-order valence-corrected chi connectivity index (χ0v) is 25.7. The molecule has 0 aliphatic heterocycles. The number of nitrogens with one attached hydrogen (secondary N) is 1. The molecule has 0 radical (unpaired) electrons. The normalized spacial score (nSPS) is 12.2. The molecule has 0 saturated carbocycles. The third-order valence-electron chi connectivity index (χ3n) is 6.35. The summed E-state index contributed by atoms with van der Waals surface area (Å²) in [5.41, 5.74) is 2.94. The minimum atomic E-state index is -0.729. The zero-order chi connectivity index (χ0) is 28.6. The highest BCUT2D eigenvalue weighted by Gasteiger charge is 2.31. The molecule has 0 aromatic heterocycles. The maximum atomic E-state index is 13.8. The number of rotatable bonds is 11. The zero-order valence-electron chi connectivity index (χ0n) is 23.3. The van der Waals surface area contributed by atoms with Gasteiger partial charge in [-0.1, -0.05) is 94.8 Å². The van der Waals surface area contributed by atoms with Gasteiger partial charge in [-0.25, -0.2) is 0 Å². The van der Waals surface area contributed by atoms with Crippen LogP contribution < -0.4 is 10.1 Å². The van der Waals surface area contributed by atoms with E-state index in [4.69, 9.17) is 16.3 Å². The molecule has 0 fully saturated rings. The Balaban J connectivity index is 1.90. The van der Waals surface area contributed by atoms with Gasteiger partial charge >= 0.3 is 0 Å². The molecule has 39 heavy (non-hydrogen) atoms. The van der Waals surface area contributed by atoms with E-state index >= 15 is 0 Å². The molecule has 3 aromatic carbocycles. The summed E-state index contributed by atoms with van der Waals surface area (Å²) in [6.07, 6.45) is 0.376. The van der Waals surface area contributed by atoms with Crippen molar-refractivity contribution in [3.8, 4) is 5.75 Å². The summed E-state index contributed by atoms with van der Waals surface area (Å²) < 4.78 is 6.77. The Morgan fingerprint density at radius 2 is 1.67 bits per heavy atom. The van der Waals surface area contributed by atoms with Crippen LogP contribution in [0.15, 0.2) is 77.3 Å². The van der Waals surface area contributed by atoms with Crippen molar-refractivity contribution in [2.45, 2.75) is 59.0 Å². The Morgan fingerprint density at radius 3 is 2.28 bits per heavy atom. The van der Waals surface area contributed by atoms with Gasteiger partial charge in [-0.2, -0.15) is 0 Å². The molecule has 0 aliphatic carbocycles. The van der Waals surface area contributed by atoms with Crippen LogP contribution in [-0.2, 0) is 28.0 Å². The van der Waals surface area contributed by atoms with Crippen molar-refractivity contribution >= 4 is 39.3 Å². The van der Waals surface area contributed by atoms with Gasteiger partial charge in [0.1, 0.15) is 11.8 Å². The lowest BCUT2D eigenvalue weighted by atomic mass is 9.87. The lowest BCUT2D eigenvalue weighted by Gasteiger charge is -2.32. The van der Waals surface area contributed by atoms with Crippen LogP contribution in [0.1, 0.15) is 51.3 Å². The largest absolute Gasteiger partial charge is 0.483 e. The molecule has 0 saturated heterocycles. The lowest BCUT2D eigenvalue weighted by Crippen LogP contribution is -2.52. The first-order valence-electron chi connectivity index (χ1n) is 13.2. The van der Waals surface area contributed by atoms with Gasteiger partial charge in [0, 0.05) is 24.5 Å². The molecule has 0 bridgehead atoms. The number of halogens is 2. The molecule has 1 N–H and O–H groups in total. The number of hydrogen-bond acceptors (Lipinski definition) is 3. The van der Waals surface area contributed by atoms with Gasteiger partial charge in [-0.05, 0) is 68.2 Å². The van der Waals surface area contributed by atoms with Gasteiger partial charge in [0.15, 0.2) is 6.61 Å². The number of nitrogens with zero attached hydrogens (tertiary/aromatic N) is 1. The Kier molecular flexibility index (Phi) is 11.0. The van der Waals surface area contributed by atoms with Crippen molar-refractivity contribution in [3.63, 3.8) is 0 Å². The summed E-state index contributed by atoms with van der Waals surface area (Å²) in [6, 6.07) is 22.2. The molecular weight excluding hydrogens is 576 g/mol. The number of hydrogen-bond donors (Lipinski definition) is 1. The predicted molar refractivity (Wildman–Crippen MR) is 162 cm³/mol. The SMILES string of the molecule is CC(C)CNC(=O)[C@@H](Cc1ccccc1)N(Cc1cccc(Cl)c1)C(=O)COc1ccc(C(C)(C)C)cc1Br. The highest BCUT2D eigenvalue weighted by molar-refractivity contribution is 9.10. The van der Waals surface area contributed by atoms with Crippen LogP contribution in [0.2, 0.25) is 5.02 Å². The van der Waals surface area contributed by atoms with Crippen LogP contribution in [-0.4, -0.2) is 35.9 Å². The summed E-state index contributed by atoms with van der Waals surface area (Å²) in [4.78, 5) is 28.9. The summed E-state index contributed by atoms with van der Waals surface area (Å²) in [6.45, 7) is 11.0. The van der Waals surface area contributed by atoms with Crippen molar-refractivity contribution < 1.29 is 14.3 Å². The fourth-order valence-corrected chi connectivity index (χ4v) is 4.82. The van der Waals surface area contributed by atoms with Crippen LogP contribution >= 0.6 is 27.5 Å². The van der Waals surface area contributed by atoms with E-state index in [2.05, 4.69) is 42.0 Å². The second kappa shape index (κ2) is 14.0. The number of carbonyl (C=O) groups excluding carboxylic acids is 2. The number of carbonyl (C=O) groups is 2. The molecule has 0 heterocycles. The maximum Gasteiger partial charge on any atom is 0.261 e. The Morgan fingerprint density at radius 1 is 0.974 bits per heavy atom. The highest BCUT2D eigenvalue weighted by Crippen LogP contribution is 2.31. The van der Waals surface area contributed by atoms with Gasteiger partial charge < -0.3 is 15.0 Å². The molecule has 0 spiro atoms. The smallest absolute Gasteiger partial charge is 0.261 e. The van der Waals surface area contributed by atoms with Gasteiger partial charge in [-0.15, -0.1) is 0 Å². The summed E-state index contributed by atoms with van der Waals surface area (Å²) in [7, 11) is 0. The fraction of sp³-hybridized carbons (Fsp3) is 0.375. The maximum absolute atomic E-state index is 13.8. The van der Waals surface area contributed by atoms with E-state index in [0.29, 0.717) is 23.7 Å². The van der Waals surface area contributed by atoms with E-state index in [9.17, 15) is 9.59 Å². The second-order valence-corrected chi connectivity index (χ2v) is 12.5. The first-order valence-corrected chi connectivity index (χ1v) is 14.4. The van der Waals surface area contributed by atoms with Crippen molar-refractivity contribution in [2.24, 2.45) is 5.92 Å². The van der Waals surface area contributed by atoms with Gasteiger partial charge in [-0.3, -0.25) is 9.59 Å². The highest BCUT2D eigenvalue weighted by atomic mass is 79.9. The van der Waals surface area contributed by atoms with Crippen molar-refractivity contribution in [1.82, 2.24) is 10.2 Å². The van der Waals surface area contributed by atoms with Crippen LogP contribution in [0.3, 0.4) is 0 Å². The first-order chi connectivity index (χ1) is 18.4. The van der Waals surface area contributed by atoms with Crippen LogP contribution in [0, 0.1) is 5.92 Å². The minimum absolute atomic E-state index is 0.0152. The van der Waals surface area contributed by atoms with Crippen LogP contribution in [0.4, 0.5) is 0 Å². The van der Waals surface area contributed by atoms with E-state index in [1.165, 1.54) is 0 Å². The van der Waals surface area contributed by atoms with Crippen molar-refractivity contribution in [1.29, 1.82) is 0 Å². The topological polar surface area (TPSA) is 58.6 Å². The Hall–Kier alpha value is -2.83. The molecule has 0 unspecified atom stereocenters. The third kappa shape index (κ3) is 9.40. The lowest BCUT2D eigenvalue weighted by molar-refractivity contribution is -0.142. The summed E-state index contributed by atoms with van der Waals surface area (Å²) in [5.74, 6) is 0.365. The van der Waals surface area contributed by atoms with Crippen molar-refractivity contribution in [2.75, 3.05) is 13.2 Å². The standard InChI is InChI=1S/C32H38BrClN2O3/c1-22(2)19-35-31(38)28(17-23-10-7-6-8-11-23)36(20-24-12-9-13-26(34)16-24)30(37)21-39-29-15-14-25(18-27(29)33)32(3,4)5/h6-16,18,22,28H,17,19-21H2,1-5H3,(H,35,38)/t28-/m1/s1. The van der Waals surface area contributed by atoms with Crippen LogP contribution in [0.25, 0.3) is 0 Å². The number of ether oxygens (including phenoxy) is 1. The number of benzene rings is 3. The average Bonchev–Trinajstić information content (AvgIpc) is 2.88. The fourth-order valence-electron chi connectivity index (χ4n) is 4.12. The van der Waals surface area contributed by atoms with Gasteiger partial charge in [0.2, 0.25) is 5.91 Å². The van der Waals surface area contributed by atoms with E-state index < -0.39 is 6.04 Å². The summed E-state index contributed by atoms with van der Waals surface area (Å²) in [5, 5.41) is 3.60. The number of amides is 2. The molecule has 5 nitrogen and oxygen atoms in total. The van der Waals surface area contributed by atoms with E-state index in [1.54, 1.807) is 11.0 Å². The van der Waals surface area contributed by atoms with E-state index in [-0.39, 0.29) is 36.3 Å². The quantitative estimate of drug-likeness (QED) is 0.249.